The summed E-state index contributed by atoms with van der Waals surface area (Å²) in [6, 6.07) is 13.0. The fourth-order valence-electron chi connectivity index (χ4n) is 2.14. The number of aromatic nitrogens is 2. The van der Waals surface area contributed by atoms with Crippen molar-refractivity contribution in [2.24, 2.45) is 0 Å². The van der Waals surface area contributed by atoms with E-state index in [1.54, 1.807) is 42.6 Å². The van der Waals surface area contributed by atoms with E-state index in [4.69, 9.17) is 9.47 Å². The van der Waals surface area contributed by atoms with Crippen molar-refractivity contribution in [1.82, 2.24) is 9.97 Å². The fraction of sp³-hybridized carbons (Fsp3) is 0.105. The minimum absolute atomic E-state index is 0.0720. The third-order valence-corrected chi connectivity index (χ3v) is 3.30. The molecule has 0 unspecified atom stereocenters. The zero-order chi connectivity index (χ0) is 18.2. The van der Waals surface area contributed by atoms with Crippen LogP contribution in [0.15, 0.2) is 67.1 Å². The van der Waals surface area contributed by atoms with E-state index in [1.807, 2.05) is 0 Å². The molecule has 2 aromatic carbocycles. The minimum Gasteiger partial charge on any atom is -0.490 e. The van der Waals surface area contributed by atoms with Crippen LogP contribution >= 0.6 is 0 Å². The second kappa shape index (κ2) is 8.57. The Morgan fingerprint density at radius 1 is 1.12 bits per heavy atom. The number of amides is 1. The molecule has 0 aliphatic heterocycles. The molecule has 7 heteroatoms. The van der Waals surface area contributed by atoms with E-state index in [9.17, 15) is 9.18 Å². The smallest absolute Gasteiger partial charge is 0.237 e. The second-order valence-electron chi connectivity index (χ2n) is 5.25. The van der Waals surface area contributed by atoms with Crippen LogP contribution in [-0.4, -0.2) is 22.5 Å². The van der Waals surface area contributed by atoms with Crippen LogP contribution in [0.1, 0.15) is 6.42 Å². The number of carbonyl (C=O) groups is 1. The van der Waals surface area contributed by atoms with Crippen LogP contribution in [0.3, 0.4) is 0 Å². The van der Waals surface area contributed by atoms with Gasteiger partial charge in [0.25, 0.3) is 0 Å². The van der Waals surface area contributed by atoms with Crippen LogP contribution in [0.25, 0.3) is 0 Å². The van der Waals surface area contributed by atoms with Crippen LogP contribution in [0.2, 0.25) is 0 Å². The SMILES string of the molecule is O=C(CCOc1ccccc1F)Nc1cccc(Oc2cnccn2)c1. The molecular weight excluding hydrogens is 337 g/mol. The average Bonchev–Trinajstić information content (AvgIpc) is 2.64. The molecule has 132 valence electrons. The predicted octanol–water partition coefficient (Wildman–Crippen LogP) is 3.82. The lowest BCUT2D eigenvalue weighted by molar-refractivity contribution is -0.116. The normalized spacial score (nSPS) is 10.2. The lowest BCUT2D eigenvalue weighted by atomic mass is 10.3. The van der Waals surface area contributed by atoms with Gasteiger partial charge in [0.05, 0.1) is 19.2 Å². The number of nitrogens with one attached hydrogen (secondary N) is 1. The van der Waals surface area contributed by atoms with Gasteiger partial charge in [0.2, 0.25) is 11.8 Å². The largest absolute Gasteiger partial charge is 0.490 e. The number of halogens is 1. The Balaban J connectivity index is 1.51. The van der Waals surface area contributed by atoms with Gasteiger partial charge in [-0.2, -0.15) is 0 Å². The van der Waals surface area contributed by atoms with E-state index < -0.39 is 5.82 Å². The molecule has 1 N–H and O–H groups in total. The number of anilines is 1. The molecule has 0 spiro atoms. The molecule has 3 aromatic rings. The summed E-state index contributed by atoms with van der Waals surface area (Å²) < 4.78 is 24.3. The summed E-state index contributed by atoms with van der Waals surface area (Å²) in [4.78, 5) is 19.9. The number of para-hydroxylation sites is 1. The van der Waals surface area contributed by atoms with Gasteiger partial charge in [-0.25, -0.2) is 9.37 Å². The topological polar surface area (TPSA) is 73.3 Å². The first-order valence-corrected chi connectivity index (χ1v) is 7.92. The van der Waals surface area contributed by atoms with E-state index in [2.05, 4.69) is 15.3 Å². The summed E-state index contributed by atoms with van der Waals surface area (Å²) in [5.41, 5.74) is 0.572. The molecule has 3 rings (SSSR count). The van der Waals surface area contributed by atoms with E-state index >= 15 is 0 Å². The summed E-state index contributed by atoms with van der Waals surface area (Å²) in [5, 5.41) is 2.74. The van der Waals surface area contributed by atoms with Crippen molar-refractivity contribution >= 4 is 11.6 Å². The van der Waals surface area contributed by atoms with E-state index in [0.717, 1.165) is 0 Å². The number of hydrogen-bond acceptors (Lipinski definition) is 5. The van der Waals surface area contributed by atoms with Gasteiger partial charge in [0.15, 0.2) is 11.6 Å². The molecule has 26 heavy (non-hydrogen) atoms. The molecule has 6 nitrogen and oxygen atoms in total. The molecule has 0 bridgehead atoms. The Morgan fingerprint density at radius 2 is 2.00 bits per heavy atom. The maximum absolute atomic E-state index is 13.4. The van der Waals surface area contributed by atoms with Crippen LogP contribution in [-0.2, 0) is 4.79 Å². The number of benzene rings is 2. The average molecular weight is 353 g/mol. The van der Waals surface area contributed by atoms with Crippen LogP contribution in [0.5, 0.6) is 17.4 Å². The maximum atomic E-state index is 13.4. The van der Waals surface area contributed by atoms with Gasteiger partial charge in [-0.1, -0.05) is 18.2 Å². The molecule has 1 aromatic heterocycles. The number of carbonyl (C=O) groups excluding carboxylic acids is 1. The molecule has 0 saturated carbocycles. The van der Waals surface area contributed by atoms with E-state index in [1.165, 1.54) is 24.5 Å². The van der Waals surface area contributed by atoms with Crippen molar-refractivity contribution in [3.63, 3.8) is 0 Å². The molecule has 0 atom stereocenters. The predicted molar refractivity (Wildman–Crippen MR) is 93.7 cm³/mol. The standard InChI is InChI=1S/C19H16FN3O3/c20-16-6-1-2-7-17(16)25-11-8-18(24)23-14-4-3-5-15(12-14)26-19-13-21-9-10-22-19/h1-7,9-10,12-13H,8,11H2,(H,23,24). The number of rotatable bonds is 7. The molecule has 1 heterocycles. The molecule has 0 aliphatic rings. The maximum Gasteiger partial charge on any atom is 0.237 e. The first-order chi connectivity index (χ1) is 12.7. The third kappa shape index (κ3) is 5.01. The van der Waals surface area contributed by atoms with Gasteiger partial charge in [-0.3, -0.25) is 9.78 Å². The van der Waals surface area contributed by atoms with Crippen molar-refractivity contribution in [3.05, 3.63) is 72.9 Å². The summed E-state index contributed by atoms with van der Waals surface area (Å²) in [7, 11) is 0. The lowest BCUT2D eigenvalue weighted by Gasteiger charge is -2.09. The zero-order valence-electron chi connectivity index (χ0n) is 13.8. The minimum atomic E-state index is -0.457. The van der Waals surface area contributed by atoms with Crippen molar-refractivity contribution in [2.45, 2.75) is 6.42 Å². The Morgan fingerprint density at radius 3 is 2.81 bits per heavy atom. The highest BCUT2D eigenvalue weighted by Gasteiger charge is 2.07. The Bertz CT molecular complexity index is 875. The van der Waals surface area contributed by atoms with Gasteiger partial charge in [0, 0.05) is 24.1 Å². The van der Waals surface area contributed by atoms with Crippen molar-refractivity contribution in [1.29, 1.82) is 0 Å². The Labute approximate surface area is 149 Å². The van der Waals surface area contributed by atoms with Crippen LogP contribution < -0.4 is 14.8 Å². The van der Waals surface area contributed by atoms with Crippen LogP contribution in [0.4, 0.5) is 10.1 Å². The first-order valence-electron chi connectivity index (χ1n) is 7.92. The second-order valence-corrected chi connectivity index (χ2v) is 5.25. The van der Waals surface area contributed by atoms with Gasteiger partial charge in [0.1, 0.15) is 5.75 Å². The highest BCUT2D eigenvalue weighted by Crippen LogP contribution is 2.22. The molecule has 0 fully saturated rings. The van der Waals surface area contributed by atoms with Gasteiger partial charge >= 0.3 is 0 Å². The number of ether oxygens (including phenoxy) is 2. The number of nitrogens with zero attached hydrogens (tertiary/aromatic N) is 2. The van der Waals surface area contributed by atoms with Gasteiger partial charge < -0.3 is 14.8 Å². The Kier molecular flexibility index (Phi) is 5.72. The van der Waals surface area contributed by atoms with Crippen molar-refractivity contribution in [3.8, 4) is 17.4 Å². The molecule has 0 aliphatic carbocycles. The summed E-state index contributed by atoms with van der Waals surface area (Å²) in [6.07, 6.45) is 4.65. The highest BCUT2D eigenvalue weighted by atomic mass is 19.1. The Hall–Kier alpha value is -3.48. The third-order valence-electron chi connectivity index (χ3n) is 3.30. The van der Waals surface area contributed by atoms with Crippen molar-refractivity contribution in [2.75, 3.05) is 11.9 Å². The van der Waals surface area contributed by atoms with E-state index in [0.29, 0.717) is 17.3 Å². The summed E-state index contributed by atoms with van der Waals surface area (Å²) in [5.74, 6) is 0.291. The quantitative estimate of drug-likeness (QED) is 0.699. The molecule has 0 saturated heterocycles. The molecule has 0 radical (unpaired) electrons. The molecular formula is C19H16FN3O3. The zero-order valence-corrected chi connectivity index (χ0v) is 13.8. The fourth-order valence-corrected chi connectivity index (χ4v) is 2.14. The lowest BCUT2D eigenvalue weighted by Crippen LogP contribution is -2.15. The van der Waals surface area contributed by atoms with Crippen molar-refractivity contribution < 1.29 is 18.7 Å². The first kappa shape index (κ1) is 17.3. The summed E-state index contributed by atoms with van der Waals surface area (Å²) in [6.45, 7) is 0.0720. The molecule has 1 amide bonds. The van der Waals surface area contributed by atoms with E-state index in [-0.39, 0.29) is 24.7 Å². The van der Waals surface area contributed by atoms with Gasteiger partial charge in [-0.15, -0.1) is 0 Å². The van der Waals surface area contributed by atoms with Crippen LogP contribution in [0, 0.1) is 5.82 Å². The highest BCUT2D eigenvalue weighted by molar-refractivity contribution is 5.90. The number of hydrogen-bond donors (Lipinski definition) is 1. The summed E-state index contributed by atoms with van der Waals surface area (Å²) >= 11 is 0. The van der Waals surface area contributed by atoms with Gasteiger partial charge in [-0.05, 0) is 24.3 Å². The monoisotopic (exact) mass is 353 g/mol.